The third kappa shape index (κ3) is 6.73. The summed E-state index contributed by atoms with van der Waals surface area (Å²) in [6, 6.07) is 0. The summed E-state index contributed by atoms with van der Waals surface area (Å²) in [5, 5.41) is 19.3. The van der Waals surface area contributed by atoms with Gasteiger partial charge in [-0.05, 0) is 6.92 Å². The minimum atomic E-state index is -0.470. The van der Waals surface area contributed by atoms with Gasteiger partial charge in [-0.1, -0.05) is 0 Å². The van der Waals surface area contributed by atoms with Crippen LogP contribution >= 0.6 is 23.1 Å². The van der Waals surface area contributed by atoms with Crippen molar-refractivity contribution in [3.05, 3.63) is 38.2 Å². The Kier molecular flexibility index (Phi) is 8.00. The highest BCUT2D eigenvalue weighted by Crippen LogP contribution is 2.15. The summed E-state index contributed by atoms with van der Waals surface area (Å²) in [6.45, 7) is 3.67. The summed E-state index contributed by atoms with van der Waals surface area (Å²) in [5.74, 6) is 2.11. The molecule has 0 fully saturated rings. The van der Waals surface area contributed by atoms with Gasteiger partial charge in [0, 0.05) is 36.5 Å². The third-order valence-corrected chi connectivity index (χ3v) is 4.10. The van der Waals surface area contributed by atoms with Crippen LogP contribution in [0.3, 0.4) is 0 Å². The number of nitrogens with two attached hydrogens (primary N) is 1. The molecule has 0 saturated heterocycles. The van der Waals surface area contributed by atoms with E-state index in [1.54, 1.807) is 23.1 Å². The number of hydrogen-bond donors (Lipinski definition) is 3. The summed E-state index contributed by atoms with van der Waals surface area (Å²) in [7, 11) is 0. The van der Waals surface area contributed by atoms with Crippen LogP contribution in [0.5, 0.6) is 0 Å². The van der Waals surface area contributed by atoms with Gasteiger partial charge in [-0.2, -0.15) is 11.8 Å². The van der Waals surface area contributed by atoms with Gasteiger partial charge in [-0.15, -0.1) is 11.3 Å². The van der Waals surface area contributed by atoms with Gasteiger partial charge in [0.2, 0.25) is 0 Å². The maximum absolute atomic E-state index is 10.4. The van der Waals surface area contributed by atoms with E-state index in [0.717, 1.165) is 28.4 Å². The van der Waals surface area contributed by atoms with E-state index in [1.807, 2.05) is 12.3 Å². The van der Waals surface area contributed by atoms with E-state index < -0.39 is 4.92 Å². The minimum absolute atomic E-state index is 0.442. The average molecular weight is 317 g/mol. The van der Waals surface area contributed by atoms with Gasteiger partial charge in [0.25, 0.3) is 6.20 Å². The van der Waals surface area contributed by atoms with Gasteiger partial charge in [0.1, 0.15) is 5.01 Å². The summed E-state index contributed by atoms with van der Waals surface area (Å²) in [4.78, 5) is 14.3. The summed E-state index contributed by atoms with van der Waals surface area (Å²) in [6.07, 6.45) is 0.947. The summed E-state index contributed by atoms with van der Waals surface area (Å²) >= 11 is 3.30. The SMILES string of the molecule is CCNC(=C[N+](=O)[O-])NCCSCc1csc(CN)n1. The van der Waals surface area contributed by atoms with Gasteiger partial charge in [0.15, 0.2) is 5.82 Å². The second-order valence-corrected chi connectivity index (χ2v) is 5.82. The molecule has 4 N–H and O–H groups in total. The van der Waals surface area contributed by atoms with Crippen molar-refractivity contribution < 1.29 is 4.92 Å². The van der Waals surface area contributed by atoms with Crippen molar-refractivity contribution in [3.63, 3.8) is 0 Å². The average Bonchev–Trinajstić information content (AvgIpc) is 2.86. The normalized spacial score (nSPS) is 11.4. The lowest BCUT2D eigenvalue weighted by atomic mass is 10.6. The third-order valence-electron chi connectivity index (χ3n) is 2.19. The molecule has 7 nitrogen and oxygen atoms in total. The van der Waals surface area contributed by atoms with Crippen LogP contribution < -0.4 is 16.4 Å². The molecule has 0 radical (unpaired) electrons. The lowest BCUT2D eigenvalue weighted by Gasteiger charge is -2.09. The van der Waals surface area contributed by atoms with Crippen LogP contribution in [0.25, 0.3) is 0 Å². The molecule has 0 spiro atoms. The van der Waals surface area contributed by atoms with Crippen molar-refractivity contribution in [1.29, 1.82) is 0 Å². The maximum Gasteiger partial charge on any atom is 0.274 e. The molecular formula is C11H19N5O2S2. The Bertz CT molecular complexity index is 450. The highest BCUT2D eigenvalue weighted by atomic mass is 32.2. The largest absolute Gasteiger partial charge is 0.367 e. The van der Waals surface area contributed by atoms with Crippen LogP contribution in [0.1, 0.15) is 17.6 Å². The topological polar surface area (TPSA) is 106 Å². The first-order chi connectivity index (χ1) is 9.65. The van der Waals surface area contributed by atoms with E-state index in [9.17, 15) is 10.1 Å². The Morgan fingerprint density at radius 3 is 3.05 bits per heavy atom. The van der Waals surface area contributed by atoms with Crippen LogP contribution in [0.15, 0.2) is 17.4 Å². The lowest BCUT2D eigenvalue weighted by molar-refractivity contribution is -0.404. The first-order valence-electron chi connectivity index (χ1n) is 6.19. The fourth-order valence-electron chi connectivity index (χ4n) is 1.39. The Labute approximate surface area is 126 Å². The molecule has 0 bridgehead atoms. The van der Waals surface area contributed by atoms with Gasteiger partial charge in [-0.25, -0.2) is 4.98 Å². The molecule has 0 aromatic carbocycles. The lowest BCUT2D eigenvalue weighted by Crippen LogP contribution is -2.28. The molecule has 1 rings (SSSR count). The molecule has 0 aliphatic heterocycles. The molecule has 20 heavy (non-hydrogen) atoms. The minimum Gasteiger partial charge on any atom is -0.367 e. The van der Waals surface area contributed by atoms with Crippen LogP contribution in [0, 0.1) is 10.1 Å². The standard InChI is InChI=1S/C11H19N5O2S2/c1-2-13-10(6-16(17)18)14-3-4-19-7-9-8-20-11(5-12)15-9/h6,8,13-14H,2-5,7,12H2,1H3. The molecule has 1 aromatic rings. The van der Waals surface area contributed by atoms with Crippen molar-refractivity contribution in [2.45, 2.75) is 19.2 Å². The molecule has 9 heteroatoms. The first kappa shape index (κ1) is 16.7. The van der Waals surface area contributed by atoms with Crippen molar-refractivity contribution in [3.8, 4) is 0 Å². The molecule has 1 heterocycles. The Hall–Kier alpha value is -1.32. The van der Waals surface area contributed by atoms with Crippen molar-refractivity contribution in [2.75, 3.05) is 18.8 Å². The molecule has 1 aromatic heterocycles. The molecular weight excluding hydrogens is 298 g/mol. The van der Waals surface area contributed by atoms with E-state index in [2.05, 4.69) is 15.6 Å². The second kappa shape index (κ2) is 9.56. The predicted molar refractivity (Wildman–Crippen MR) is 82.9 cm³/mol. The van der Waals surface area contributed by atoms with E-state index in [-0.39, 0.29) is 0 Å². The summed E-state index contributed by atoms with van der Waals surface area (Å²) in [5.41, 5.74) is 6.54. The van der Waals surface area contributed by atoms with E-state index in [4.69, 9.17) is 5.73 Å². The maximum atomic E-state index is 10.4. The number of thiazole rings is 1. The Morgan fingerprint density at radius 1 is 1.65 bits per heavy atom. The fraction of sp³-hybridized carbons (Fsp3) is 0.545. The van der Waals surface area contributed by atoms with Crippen LogP contribution in [-0.4, -0.2) is 28.7 Å². The van der Waals surface area contributed by atoms with Crippen LogP contribution in [0.4, 0.5) is 0 Å². The smallest absolute Gasteiger partial charge is 0.274 e. The molecule has 0 amide bonds. The molecule has 0 saturated carbocycles. The van der Waals surface area contributed by atoms with Crippen molar-refractivity contribution in [2.24, 2.45) is 5.73 Å². The molecule has 0 atom stereocenters. The zero-order valence-electron chi connectivity index (χ0n) is 11.3. The number of thioether (sulfide) groups is 1. The molecule has 0 unspecified atom stereocenters. The van der Waals surface area contributed by atoms with Gasteiger partial charge < -0.3 is 16.4 Å². The molecule has 0 aliphatic carbocycles. The zero-order valence-corrected chi connectivity index (χ0v) is 12.9. The number of aromatic nitrogens is 1. The van der Waals surface area contributed by atoms with E-state index in [0.29, 0.717) is 25.5 Å². The van der Waals surface area contributed by atoms with Gasteiger partial charge in [-0.3, -0.25) is 10.1 Å². The number of nitrogens with zero attached hydrogens (tertiary/aromatic N) is 2. The van der Waals surface area contributed by atoms with E-state index in [1.165, 1.54) is 0 Å². The monoisotopic (exact) mass is 317 g/mol. The highest BCUT2D eigenvalue weighted by molar-refractivity contribution is 7.98. The zero-order chi connectivity index (χ0) is 14.8. The quantitative estimate of drug-likeness (QED) is 0.337. The van der Waals surface area contributed by atoms with Crippen molar-refractivity contribution in [1.82, 2.24) is 15.6 Å². The number of rotatable bonds is 10. The fourth-order valence-corrected chi connectivity index (χ4v) is 2.92. The number of nitrogens with one attached hydrogen (secondary N) is 2. The number of nitro groups is 1. The molecule has 0 aliphatic rings. The predicted octanol–water partition coefficient (Wildman–Crippen LogP) is 1.11. The van der Waals surface area contributed by atoms with Crippen molar-refractivity contribution >= 4 is 23.1 Å². The first-order valence-corrected chi connectivity index (χ1v) is 8.23. The van der Waals surface area contributed by atoms with Crippen LogP contribution in [0.2, 0.25) is 0 Å². The van der Waals surface area contributed by atoms with Crippen LogP contribution in [-0.2, 0) is 12.3 Å². The number of hydrogen-bond acceptors (Lipinski definition) is 8. The summed E-state index contributed by atoms with van der Waals surface area (Å²) < 4.78 is 0. The Morgan fingerprint density at radius 2 is 2.45 bits per heavy atom. The second-order valence-electron chi connectivity index (χ2n) is 3.77. The van der Waals surface area contributed by atoms with E-state index >= 15 is 0 Å². The highest BCUT2D eigenvalue weighted by Gasteiger charge is 2.02. The van der Waals surface area contributed by atoms with Gasteiger partial charge in [0.05, 0.1) is 10.6 Å². The Balaban J connectivity index is 2.21. The molecule has 112 valence electrons. The van der Waals surface area contributed by atoms with Gasteiger partial charge >= 0.3 is 0 Å².